The van der Waals surface area contributed by atoms with Gasteiger partial charge in [-0.1, -0.05) is 18.5 Å². The van der Waals surface area contributed by atoms with Crippen LogP contribution in [0.1, 0.15) is 45.4 Å². The zero-order valence-electron chi connectivity index (χ0n) is 17.8. The van der Waals surface area contributed by atoms with Crippen LogP contribution in [-0.4, -0.2) is 79.7 Å². The normalized spacial score (nSPS) is 18.2. The summed E-state index contributed by atoms with van der Waals surface area (Å²) in [6, 6.07) is -1.30. The van der Waals surface area contributed by atoms with E-state index in [0.717, 1.165) is 50.6 Å². The van der Waals surface area contributed by atoms with Gasteiger partial charge in [-0.15, -0.1) is 0 Å². The number of alkyl carbamates (subject to hydrolysis) is 1. The topological polar surface area (TPSA) is 163 Å². The van der Waals surface area contributed by atoms with Crippen LogP contribution in [0.15, 0.2) is 10.1 Å². The van der Waals surface area contributed by atoms with Crippen molar-refractivity contribution < 1.29 is 29.1 Å². The Balaban J connectivity index is 1.60. The molecule has 2 aliphatic heterocycles. The van der Waals surface area contributed by atoms with Crippen molar-refractivity contribution in [2.45, 2.75) is 57.6 Å². The molecule has 0 bridgehead atoms. The zero-order valence-corrected chi connectivity index (χ0v) is 17.8. The molecule has 31 heavy (non-hydrogen) atoms. The molecule has 5 N–H and O–H groups in total. The third kappa shape index (κ3) is 9.09. The van der Waals surface area contributed by atoms with Crippen LogP contribution in [-0.2, 0) is 19.2 Å². The number of carbonyl (C=O) groups is 3. The fourth-order valence-electron chi connectivity index (χ4n) is 2.90. The number of nitrogens with zero attached hydrogens (tertiary/aromatic N) is 2. The number of rotatable bonds is 13. The number of carbonyl (C=O) groups excluding carboxylic acids is 2. The number of hydrogen-bond acceptors (Lipinski definition) is 9. The quantitative estimate of drug-likeness (QED) is 0.249. The van der Waals surface area contributed by atoms with Crippen molar-refractivity contribution >= 4 is 29.6 Å². The molecule has 2 rings (SSSR count). The van der Waals surface area contributed by atoms with Gasteiger partial charge in [0, 0.05) is 26.1 Å². The van der Waals surface area contributed by atoms with Crippen LogP contribution in [0, 0.1) is 0 Å². The fourth-order valence-corrected chi connectivity index (χ4v) is 2.90. The summed E-state index contributed by atoms with van der Waals surface area (Å²) in [5, 5.41) is 24.3. The first kappa shape index (κ1) is 24.2. The van der Waals surface area contributed by atoms with Crippen LogP contribution < -0.4 is 21.3 Å². The Morgan fingerprint density at radius 2 is 2.16 bits per heavy atom. The smallest absolute Gasteiger partial charge is 0.407 e. The van der Waals surface area contributed by atoms with Gasteiger partial charge in [0.2, 0.25) is 6.10 Å². The van der Waals surface area contributed by atoms with Crippen LogP contribution in [0.2, 0.25) is 0 Å². The molecule has 0 saturated heterocycles. The van der Waals surface area contributed by atoms with Crippen molar-refractivity contribution in [1.29, 1.82) is 0 Å². The predicted octanol–water partition coefficient (Wildman–Crippen LogP) is -0.0539. The Morgan fingerprint density at radius 3 is 2.87 bits per heavy atom. The minimum Gasteiger partial charge on any atom is -0.480 e. The molecule has 2 aliphatic rings. The van der Waals surface area contributed by atoms with E-state index in [4.69, 9.17) is 9.57 Å². The van der Waals surface area contributed by atoms with Crippen molar-refractivity contribution in [1.82, 2.24) is 21.3 Å². The number of carboxylic acids is 1. The van der Waals surface area contributed by atoms with Crippen molar-refractivity contribution in [3.8, 4) is 0 Å². The summed E-state index contributed by atoms with van der Waals surface area (Å²) in [4.78, 5) is 44.6. The highest BCUT2D eigenvalue weighted by molar-refractivity contribution is 5.93. The summed E-state index contributed by atoms with van der Waals surface area (Å²) >= 11 is 0. The molecule has 12 nitrogen and oxygen atoms in total. The molecule has 0 aromatic carbocycles. The number of aliphatic carboxylic acids is 1. The molecule has 0 saturated carbocycles. The molecule has 174 valence electrons. The number of carboxylic acid groups (broad SMARTS) is 1. The highest BCUT2D eigenvalue weighted by atomic mass is 16.6. The summed E-state index contributed by atoms with van der Waals surface area (Å²) in [6.07, 6.45) is 2.80. The molecule has 12 heteroatoms. The van der Waals surface area contributed by atoms with Crippen molar-refractivity contribution in [3.63, 3.8) is 0 Å². The maximum absolute atomic E-state index is 12.3. The third-order valence-electron chi connectivity index (χ3n) is 4.68. The van der Waals surface area contributed by atoms with Crippen molar-refractivity contribution in [3.05, 3.63) is 0 Å². The van der Waals surface area contributed by atoms with Crippen molar-refractivity contribution in [2.24, 2.45) is 10.1 Å². The highest BCUT2D eigenvalue weighted by Crippen LogP contribution is 2.15. The predicted molar refractivity (Wildman–Crippen MR) is 113 cm³/mol. The number of nitrogens with one attached hydrogen (secondary N) is 4. The summed E-state index contributed by atoms with van der Waals surface area (Å²) in [5.74, 6) is -0.913. The van der Waals surface area contributed by atoms with Gasteiger partial charge < -0.3 is 35.9 Å². The minimum atomic E-state index is -1.30. The molecule has 0 aromatic rings. The highest BCUT2D eigenvalue weighted by Gasteiger charge is 2.29. The van der Waals surface area contributed by atoms with Gasteiger partial charge in [0.15, 0.2) is 5.96 Å². The third-order valence-corrected chi connectivity index (χ3v) is 4.68. The van der Waals surface area contributed by atoms with E-state index in [1.54, 1.807) is 0 Å². The van der Waals surface area contributed by atoms with E-state index in [-0.39, 0.29) is 13.2 Å². The Kier molecular flexibility index (Phi) is 10.4. The van der Waals surface area contributed by atoms with Crippen LogP contribution in [0.5, 0.6) is 0 Å². The number of unbranched alkanes of at least 4 members (excludes halogenated alkanes) is 2. The van der Waals surface area contributed by atoms with E-state index in [9.17, 15) is 19.5 Å². The van der Waals surface area contributed by atoms with Gasteiger partial charge >= 0.3 is 12.1 Å². The Labute approximate surface area is 181 Å². The second-order valence-electron chi connectivity index (χ2n) is 7.27. The minimum absolute atomic E-state index is 0.207. The number of hydrogen-bond donors (Lipinski definition) is 5. The van der Waals surface area contributed by atoms with Gasteiger partial charge in [-0.25, -0.2) is 9.59 Å². The number of guanidine groups is 1. The molecule has 0 fully saturated rings. The molecule has 0 spiro atoms. The molecule has 2 unspecified atom stereocenters. The number of amides is 2. The molecule has 0 aliphatic carbocycles. The van der Waals surface area contributed by atoms with Gasteiger partial charge in [0.05, 0.1) is 18.9 Å². The second-order valence-corrected chi connectivity index (χ2v) is 7.27. The summed E-state index contributed by atoms with van der Waals surface area (Å²) in [7, 11) is 0. The lowest BCUT2D eigenvalue weighted by molar-refractivity contribution is -0.139. The van der Waals surface area contributed by atoms with Crippen molar-refractivity contribution in [2.75, 3.05) is 32.8 Å². The van der Waals surface area contributed by atoms with E-state index in [1.165, 1.54) is 0 Å². The Bertz CT molecular complexity index is 683. The lowest BCUT2D eigenvalue weighted by atomic mass is 10.1. The number of aliphatic imine (C=N–C) groups is 1. The molecule has 0 radical (unpaired) electrons. The average Bonchev–Trinajstić information content (AvgIpc) is 3.43. The summed E-state index contributed by atoms with van der Waals surface area (Å²) in [5.41, 5.74) is 0.795. The molecular formula is C19H32N6O6. The summed E-state index contributed by atoms with van der Waals surface area (Å²) < 4.78 is 4.88. The van der Waals surface area contributed by atoms with Gasteiger partial charge in [-0.2, -0.15) is 0 Å². The Hall–Kier alpha value is -3.05. The lowest BCUT2D eigenvalue weighted by Gasteiger charge is -2.16. The molecular weight excluding hydrogens is 408 g/mol. The van der Waals surface area contributed by atoms with E-state index in [0.29, 0.717) is 19.3 Å². The Morgan fingerprint density at radius 1 is 1.32 bits per heavy atom. The average molecular weight is 441 g/mol. The summed E-state index contributed by atoms with van der Waals surface area (Å²) in [6.45, 7) is 4.33. The van der Waals surface area contributed by atoms with Crippen LogP contribution in [0.3, 0.4) is 0 Å². The number of ether oxygens (including phenoxy) is 1. The lowest BCUT2D eigenvalue weighted by Crippen LogP contribution is -2.50. The first-order chi connectivity index (χ1) is 15.0. The van der Waals surface area contributed by atoms with Gasteiger partial charge in [-0.3, -0.25) is 9.79 Å². The van der Waals surface area contributed by atoms with Gasteiger partial charge in [-0.05, 0) is 25.7 Å². The maximum Gasteiger partial charge on any atom is 0.407 e. The first-order valence-corrected chi connectivity index (χ1v) is 10.7. The largest absolute Gasteiger partial charge is 0.480 e. The zero-order chi connectivity index (χ0) is 22.5. The fraction of sp³-hybridized carbons (Fsp3) is 0.737. The van der Waals surface area contributed by atoms with Crippen LogP contribution in [0.25, 0.3) is 0 Å². The van der Waals surface area contributed by atoms with Crippen LogP contribution in [0.4, 0.5) is 4.79 Å². The molecule has 0 aromatic heterocycles. The molecule has 2 atom stereocenters. The molecule has 2 heterocycles. The van der Waals surface area contributed by atoms with Gasteiger partial charge in [0.1, 0.15) is 6.04 Å². The maximum atomic E-state index is 12.3. The SMILES string of the molecule is CCCCOC(=O)NC(CNC(=O)C1CC(CCCCNC2=NCCN2)=NO1)C(=O)O. The van der Waals surface area contributed by atoms with E-state index >= 15 is 0 Å². The van der Waals surface area contributed by atoms with E-state index in [2.05, 4.69) is 31.4 Å². The number of oxime groups is 1. The second kappa shape index (κ2) is 13.3. The molecule has 2 amide bonds. The first-order valence-electron chi connectivity index (χ1n) is 10.7. The van der Waals surface area contributed by atoms with E-state index < -0.39 is 30.1 Å². The van der Waals surface area contributed by atoms with Gasteiger partial charge in [0.25, 0.3) is 5.91 Å². The standard InChI is InChI=1S/C19H32N6O6/c1-2-3-10-30-19(29)24-14(17(27)28)12-23-16(26)15-11-13(25-31-15)6-4-5-7-20-18-21-8-9-22-18/h14-15H,2-12H2,1H3,(H,23,26)(H,24,29)(H,27,28)(H2,20,21,22). The monoisotopic (exact) mass is 440 g/mol. The van der Waals surface area contributed by atoms with Crippen LogP contribution >= 0.6 is 0 Å². The van der Waals surface area contributed by atoms with E-state index in [1.807, 2.05) is 6.92 Å².